The molecule has 0 aromatic carbocycles. The van der Waals surface area contributed by atoms with Crippen molar-refractivity contribution in [3.05, 3.63) is 48.7 Å². The molecule has 24 heavy (non-hydrogen) atoms. The fourth-order valence-corrected chi connectivity index (χ4v) is 2.84. The van der Waals surface area contributed by atoms with Crippen molar-refractivity contribution in [2.24, 2.45) is 5.92 Å². The summed E-state index contributed by atoms with van der Waals surface area (Å²) in [7, 11) is 0. The van der Waals surface area contributed by atoms with Crippen LogP contribution in [0.5, 0.6) is 0 Å². The maximum Gasteiger partial charge on any atom is 0.319 e. The number of aromatic nitrogens is 2. The van der Waals surface area contributed by atoms with Gasteiger partial charge in [-0.15, -0.1) is 0 Å². The van der Waals surface area contributed by atoms with E-state index in [1.165, 1.54) is 18.3 Å². The Balaban J connectivity index is 1.47. The molecule has 3 rings (SSSR count). The van der Waals surface area contributed by atoms with E-state index in [-0.39, 0.29) is 6.03 Å². The number of carbonyl (C=O) groups is 1. The lowest BCUT2D eigenvalue weighted by molar-refractivity contribution is 0.249. The van der Waals surface area contributed by atoms with Gasteiger partial charge in [0.15, 0.2) is 0 Å². The first kappa shape index (κ1) is 16.2. The molecule has 1 aliphatic rings. The fourth-order valence-electron chi connectivity index (χ4n) is 2.84. The number of hydrogen-bond donors (Lipinski definition) is 2. The Bertz CT molecular complexity index is 664. The van der Waals surface area contributed by atoms with E-state index in [9.17, 15) is 9.18 Å². The number of hydrogen-bond acceptors (Lipinski definition) is 4. The molecule has 2 aromatic heterocycles. The Morgan fingerprint density at radius 1 is 1.29 bits per heavy atom. The topological polar surface area (TPSA) is 70.2 Å². The second-order valence-electron chi connectivity index (χ2n) is 5.85. The van der Waals surface area contributed by atoms with Crippen molar-refractivity contribution in [3.8, 4) is 0 Å². The van der Waals surface area contributed by atoms with Gasteiger partial charge in [-0.25, -0.2) is 14.8 Å². The molecule has 1 atom stereocenters. The lowest BCUT2D eigenvalue weighted by atomic mass is 9.98. The molecule has 1 saturated heterocycles. The number of amides is 2. The standard InChI is InChI=1S/C17H20FN5O/c18-15-7-6-14(11-20-15)22-17(24)21-10-13-4-3-9-23(12-13)16-5-1-2-8-19-16/h1-2,5-8,11,13H,3-4,9-10,12H2,(H2,21,22,24)/t13-/m1/s1. The minimum atomic E-state index is -0.572. The fraction of sp³-hybridized carbons (Fsp3) is 0.353. The number of carbonyl (C=O) groups excluding carboxylic acids is 1. The highest BCUT2D eigenvalue weighted by atomic mass is 19.1. The molecule has 3 heterocycles. The van der Waals surface area contributed by atoms with Gasteiger partial charge in [-0.05, 0) is 43.0 Å². The van der Waals surface area contributed by atoms with Crippen molar-refractivity contribution in [2.45, 2.75) is 12.8 Å². The molecule has 2 amide bonds. The van der Waals surface area contributed by atoms with Crippen molar-refractivity contribution in [1.82, 2.24) is 15.3 Å². The summed E-state index contributed by atoms with van der Waals surface area (Å²) in [4.78, 5) is 22.1. The zero-order valence-corrected chi connectivity index (χ0v) is 13.3. The predicted octanol–water partition coefficient (Wildman–Crippen LogP) is 2.65. The summed E-state index contributed by atoms with van der Waals surface area (Å²) in [6.07, 6.45) is 5.23. The Hall–Kier alpha value is -2.70. The number of anilines is 2. The van der Waals surface area contributed by atoms with Crippen LogP contribution in [-0.4, -0.2) is 35.6 Å². The lowest BCUT2D eigenvalue weighted by Crippen LogP contribution is -2.42. The molecule has 0 unspecified atom stereocenters. The maximum atomic E-state index is 12.7. The Morgan fingerprint density at radius 3 is 2.96 bits per heavy atom. The molecule has 126 valence electrons. The first-order valence-corrected chi connectivity index (χ1v) is 8.03. The number of piperidine rings is 1. The van der Waals surface area contributed by atoms with Gasteiger partial charge in [0.2, 0.25) is 5.95 Å². The van der Waals surface area contributed by atoms with E-state index in [4.69, 9.17) is 0 Å². The molecule has 2 N–H and O–H groups in total. The van der Waals surface area contributed by atoms with Gasteiger partial charge < -0.3 is 15.5 Å². The van der Waals surface area contributed by atoms with E-state index >= 15 is 0 Å². The number of rotatable bonds is 4. The molecule has 0 bridgehead atoms. The second kappa shape index (κ2) is 7.72. The van der Waals surface area contributed by atoms with Crippen LogP contribution in [0.25, 0.3) is 0 Å². The van der Waals surface area contributed by atoms with Gasteiger partial charge in [0.1, 0.15) is 5.82 Å². The number of nitrogens with zero attached hydrogens (tertiary/aromatic N) is 3. The SMILES string of the molecule is O=C(NC[C@H]1CCCN(c2ccccn2)C1)Nc1ccc(F)nc1. The lowest BCUT2D eigenvalue weighted by Gasteiger charge is -2.33. The normalized spacial score (nSPS) is 17.4. The number of nitrogens with one attached hydrogen (secondary N) is 2. The average Bonchev–Trinajstić information content (AvgIpc) is 2.63. The van der Waals surface area contributed by atoms with E-state index in [2.05, 4.69) is 25.5 Å². The van der Waals surface area contributed by atoms with E-state index in [1.54, 1.807) is 6.20 Å². The largest absolute Gasteiger partial charge is 0.356 e. The molecule has 0 saturated carbocycles. The van der Waals surface area contributed by atoms with Gasteiger partial charge in [0, 0.05) is 25.8 Å². The van der Waals surface area contributed by atoms with Gasteiger partial charge >= 0.3 is 6.03 Å². The molecule has 0 radical (unpaired) electrons. The van der Waals surface area contributed by atoms with Gasteiger partial charge in [0.05, 0.1) is 11.9 Å². The minimum absolute atomic E-state index is 0.307. The zero-order valence-electron chi connectivity index (χ0n) is 13.3. The molecular formula is C17H20FN5O. The summed E-state index contributed by atoms with van der Waals surface area (Å²) >= 11 is 0. The zero-order chi connectivity index (χ0) is 16.8. The summed E-state index contributed by atoms with van der Waals surface area (Å²) < 4.78 is 12.7. The van der Waals surface area contributed by atoms with Crippen LogP contribution in [0.4, 0.5) is 20.7 Å². The van der Waals surface area contributed by atoms with Crippen molar-refractivity contribution in [3.63, 3.8) is 0 Å². The third-order valence-electron chi connectivity index (χ3n) is 4.03. The number of urea groups is 1. The summed E-state index contributed by atoms with van der Waals surface area (Å²) in [5.74, 6) is 0.777. The van der Waals surface area contributed by atoms with Crippen LogP contribution < -0.4 is 15.5 Å². The van der Waals surface area contributed by atoms with Crippen LogP contribution in [0.15, 0.2) is 42.7 Å². The van der Waals surface area contributed by atoms with Crippen LogP contribution >= 0.6 is 0 Å². The first-order chi connectivity index (χ1) is 11.7. The molecule has 0 aliphatic carbocycles. The van der Waals surface area contributed by atoms with Gasteiger partial charge in [-0.1, -0.05) is 6.07 Å². The molecule has 7 heteroatoms. The van der Waals surface area contributed by atoms with Crippen molar-refractivity contribution in [1.29, 1.82) is 0 Å². The van der Waals surface area contributed by atoms with Crippen LogP contribution in [-0.2, 0) is 0 Å². The second-order valence-corrected chi connectivity index (χ2v) is 5.85. The minimum Gasteiger partial charge on any atom is -0.356 e. The summed E-state index contributed by atoms with van der Waals surface area (Å²) in [6, 6.07) is 8.27. The van der Waals surface area contributed by atoms with Crippen molar-refractivity contribution in [2.75, 3.05) is 29.9 Å². The Morgan fingerprint density at radius 2 is 2.21 bits per heavy atom. The Kier molecular flexibility index (Phi) is 5.20. The summed E-state index contributed by atoms with van der Waals surface area (Å²) in [5.41, 5.74) is 0.465. The number of halogens is 1. The number of pyridine rings is 2. The molecule has 2 aromatic rings. The van der Waals surface area contributed by atoms with Gasteiger partial charge in [0.25, 0.3) is 0 Å². The monoisotopic (exact) mass is 329 g/mol. The molecule has 6 nitrogen and oxygen atoms in total. The summed E-state index contributed by atoms with van der Waals surface area (Å²) in [6.45, 7) is 2.44. The predicted molar refractivity (Wildman–Crippen MR) is 90.4 cm³/mol. The van der Waals surface area contributed by atoms with Crippen LogP contribution in [0.1, 0.15) is 12.8 Å². The van der Waals surface area contributed by atoms with Crippen LogP contribution in [0.3, 0.4) is 0 Å². The highest BCUT2D eigenvalue weighted by molar-refractivity contribution is 5.88. The van der Waals surface area contributed by atoms with Gasteiger partial charge in [-0.2, -0.15) is 4.39 Å². The van der Waals surface area contributed by atoms with E-state index in [0.29, 0.717) is 18.2 Å². The van der Waals surface area contributed by atoms with E-state index in [1.807, 2.05) is 18.2 Å². The Labute approximate surface area is 140 Å². The average molecular weight is 329 g/mol. The van der Waals surface area contributed by atoms with E-state index in [0.717, 1.165) is 31.7 Å². The van der Waals surface area contributed by atoms with Gasteiger partial charge in [-0.3, -0.25) is 0 Å². The van der Waals surface area contributed by atoms with E-state index < -0.39 is 5.95 Å². The summed E-state index contributed by atoms with van der Waals surface area (Å²) in [5, 5.41) is 5.52. The third kappa shape index (κ3) is 4.41. The highest BCUT2D eigenvalue weighted by Crippen LogP contribution is 2.20. The molecular weight excluding hydrogens is 309 g/mol. The smallest absolute Gasteiger partial charge is 0.319 e. The highest BCUT2D eigenvalue weighted by Gasteiger charge is 2.21. The molecule has 0 spiro atoms. The quantitative estimate of drug-likeness (QED) is 0.846. The van der Waals surface area contributed by atoms with Crippen LogP contribution in [0, 0.1) is 11.9 Å². The third-order valence-corrected chi connectivity index (χ3v) is 4.03. The van der Waals surface area contributed by atoms with Crippen LogP contribution in [0.2, 0.25) is 0 Å². The first-order valence-electron chi connectivity index (χ1n) is 8.03. The molecule has 1 fully saturated rings. The maximum absolute atomic E-state index is 12.7. The van der Waals surface area contributed by atoms with Crippen molar-refractivity contribution >= 4 is 17.5 Å². The molecule has 1 aliphatic heterocycles. The van der Waals surface area contributed by atoms with Crippen molar-refractivity contribution < 1.29 is 9.18 Å².